The molecule has 3 N–H and O–H groups in total. The molecule has 8 nitrogen and oxygen atoms in total. The number of halogens is 1. The van der Waals surface area contributed by atoms with Gasteiger partial charge >= 0.3 is 12.0 Å². The molecule has 1 aromatic carbocycles. The zero-order chi connectivity index (χ0) is 19.4. The van der Waals surface area contributed by atoms with E-state index < -0.39 is 5.97 Å². The highest BCUT2D eigenvalue weighted by Crippen LogP contribution is 2.30. The molecule has 1 aliphatic rings. The molecule has 0 radical (unpaired) electrons. The number of anilines is 2. The maximum atomic E-state index is 12.2. The van der Waals surface area contributed by atoms with Gasteiger partial charge in [0.05, 0.1) is 12.1 Å². The van der Waals surface area contributed by atoms with E-state index in [4.69, 9.17) is 22.1 Å². The standard InChI is InChI=1S/C18H22ClN5O3/c1-2-27-17(25)11-21-18(26)24-7-5-23(6-8-24)15-10-16(20)22-14-9-12(19)3-4-13(14)15/h3-4,9-10H,2,5-8,11H2,1H3,(H2,20,22)(H,21,26). The zero-order valence-corrected chi connectivity index (χ0v) is 15.8. The number of carbonyl (C=O) groups excluding carboxylic acids is 2. The minimum atomic E-state index is -0.443. The lowest BCUT2D eigenvalue weighted by molar-refractivity contribution is -0.141. The number of ether oxygens (including phenoxy) is 1. The van der Waals surface area contributed by atoms with Crippen molar-refractivity contribution in [1.29, 1.82) is 0 Å². The number of hydrogen-bond donors (Lipinski definition) is 2. The molecule has 1 aliphatic heterocycles. The van der Waals surface area contributed by atoms with Crippen LogP contribution in [-0.4, -0.2) is 61.2 Å². The number of esters is 1. The number of fused-ring (bicyclic) bond motifs is 1. The van der Waals surface area contributed by atoms with Crippen LogP contribution in [0.5, 0.6) is 0 Å². The van der Waals surface area contributed by atoms with E-state index in [2.05, 4.69) is 15.2 Å². The maximum Gasteiger partial charge on any atom is 0.325 e. The Labute approximate surface area is 162 Å². The molecular formula is C18H22ClN5O3. The molecule has 0 unspecified atom stereocenters. The first kappa shape index (κ1) is 19.0. The van der Waals surface area contributed by atoms with Crippen molar-refractivity contribution in [3.05, 3.63) is 29.3 Å². The number of benzene rings is 1. The van der Waals surface area contributed by atoms with Gasteiger partial charge in [-0.05, 0) is 25.1 Å². The van der Waals surface area contributed by atoms with Gasteiger partial charge in [0.1, 0.15) is 12.4 Å². The largest absolute Gasteiger partial charge is 0.465 e. The molecule has 1 fully saturated rings. The topological polar surface area (TPSA) is 101 Å². The van der Waals surface area contributed by atoms with E-state index >= 15 is 0 Å². The number of carbonyl (C=O) groups is 2. The number of rotatable bonds is 4. The van der Waals surface area contributed by atoms with Crippen LogP contribution in [-0.2, 0) is 9.53 Å². The van der Waals surface area contributed by atoms with E-state index in [1.165, 1.54) is 0 Å². The summed E-state index contributed by atoms with van der Waals surface area (Å²) in [6.07, 6.45) is 0. The molecule has 2 aromatic rings. The molecule has 27 heavy (non-hydrogen) atoms. The van der Waals surface area contributed by atoms with E-state index in [0.29, 0.717) is 43.6 Å². The Bertz CT molecular complexity index is 847. The lowest BCUT2D eigenvalue weighted by Gasteiger charge is -2.36. The number of nitrogen functional groups attached to an aromatic ring is 1. The molecule has 144 valence electrons. The molecule has 2 amide bonds. The van der Waals surface area contributed by atoms with Gasteiger partial charge in [-0.25, -0.2) is 9.78 Å². The second-order valence-electron chi connectivity index (χ2n) is 6.17. The van der Waals surface area contributed by atoms with Gasteiger partial charge in [-0.3, -0.25) is 4.79 Å². The number of hydrogen-bond acceptors (Lipinski definition) is 6. The molecule has 0 spiro atoms. The van der Waals surface area contributed by atoms with E-state index in [-0.39, 0.29) is 12.6 Å². The highest BCUT2D eigenvalue weighted by Gasteiger charge is 2.23. The molecule has 0 aliphatic carbocycles. The first-order valence-electron chi connectivity index (χ1n) is 8.77. The number of urea groups is 1. The lowest BCUT2D eigenvalue weighted by atomic mass is 10.1. The molecule has 3 rings (SSSR count). The molecular weight excluding hydrogens is 370 g/mol. The number of nitrogens with two attached hydrogens (primary N) is 1. The first-order valence-corrected chi connectivity index (χ1v) is 9.15. The highest BCUT2D eigenvalue weighted by atomic mass is 35.5. The van der Waals surface area contributed by atoms with Crippen LogP contribution in [0.2, 0.25) is 5.02 Å². The number of nitrogens with zero attached hydrogens (tertiary/aromatic N) is 3. The van der Waals surface area contributed by atoms with Crippen molar-refractivity contribution in [2.75, 3.05) is 50.0 Å². The summed E-state index contributed by atoms with van der Waals surface area (Å²) in [7, 11) is 0. The third-order valence-corrected chi connectivity index (χ3v) is 4.60. The van der Waals surface area contributed by atoms with Gasteiger partial charge in [0.15, 0.2) is 0 Å². The number of nitrogens with one attached hydrogen (secondary N) is 1. The van der Waals surface area contributed by atoms with E-state index in [1.54, 1.807) is 17.9 Å². The fraction of sp³-hybridized carbons (Fsp3) is 0.389. The fourth-order valence-electron chi connectivity index (χ4n) is 3.09. The summed E-state index contributed by atoms with van der Waals surface area (Å²) in [6, 6.07) is 7.11. The molecule has 0 atom stereocenters. The lowest BCUT2D eigenvalue weighted by Crippen LogP contribution is -2.52. The zero-order valence-electron chi connectivity index (χ0n) is 15.1. The van der Waals surface area contributed by atoms with Gasteiger partial charge < -0.3 is 25.6 Å². The van der Waals surface area contributed by atoms with Crippen LogP contribution in [0.25, 0.3) is 10.9 Å². The van der Waals surface area contributed by atoms with Crippen LogP contribution in [0.4, 0.5) is 16.3 Å². The van der Waals surface area contributed by atoms with Gasteiger partial charge in [0, 0.05) is 48.3 Å². The van der Waals surface area contributed by atoms with E-state index in [9.17, 15) is 9.59 Å². The number of amides is 2. The minimum Gasteiger partial charge on any atom is -0.465 e. The first-order chi connectivity index (χ1) is 13.0. The quantitative estimate of drug-likeness (QED) is 0.771. The average Bonchev–Trinajstić information content (AvgIpc) is 2.65. The third kappa shape index (κ3) is 4.51. The smallest absolute Gasteiger partial charge is 0.325 e. The Morgan fingerprint density at radius 1 is 1.26 bits per heavy atom. The summed E-state index contributed by atoms with van der Waals surface area (Å²) >= 11 is 6.06. The van der Waals surface area contributed by atoms with Gasteiger partial charge in [0.25, 0.3) is 0 Å². The normalized spacial score (nSPS) is 14.3. The van der Waals surface area contributed by atoms with Crippen LogP contribution < -0.4 is 16.0 Å². The summed E-state index contributed by atoms with van der Waals surface area (Å²) < 4.78 is 4.81. The van der Waals surface area contributed by atoms with Crippen LogP contribution in [0.1, 0.15) is 6.92 Å². The van der Waals surface area contributed by atoms with Crippen molar-refractivity contribution in [1.82, 2.24) is 15.2 Å². The fourth-order valence-corrected chi connectivity index (χ4v) is 3.25. The summed E-state index contributed by atoms with van der Waals surface area (Å²) in [6.45, 7) is 4.25. The van der Waals surface area contributed by atoms with Crippen LogP contribution in [0.15, 0.2) is 24.3 Å². The maximum absolute atomic E-state index is 12.2. The molecule has 9 heteroatoms. The van der Waals surface area contributed by atoms with Crippen molar-refractivity contribution in [3.8, 4) is 0 Å². The monoisotopic (exact) mass is 391 g/mol. The average molecular weight is 392 g/mol. The Morgan fingerprint density at radius 2 is 2.00 bits per heavy atom. The second kappa shape index (κ2) is 8.30. The van der Waals surface area contributed by atoms with Crippen molar-refractivity contribution < 1.29 is 14.3 Å². The number of aromatic nitrogens is 1. The summed E-state index contributed by atoms with van der Waals surface area (Å²) in [5, 5.41) is 4.16. The Morgan fingerprint density at radius 3 is 2.70 bits per heavy atom. The molecule has 0 saturated carbocycles. The summed E-state index contributed by atoms with van der Waals surface area (Å²) in [4.78, 5) is 31.7. The Hall–Kier alpha value is -2.74. The van der Waals surface area contributed by atoms with Crippen molar-refractivity contribution in [2.24, 2.45) is 0 Å². The summed E-state index contributed by atoms with van der Waals surface area (Å²) in [5.74, 6) is -0.0174. The molecule has 0 bridgehead atoms. The van der Waals surface area contributed by atoms with E-state index in [0.717, 1.165) is 16.6 Å². The predicted octanol–water partition coefficient (Wildman–Crippen LogP) is 1.87. The number of pyridine rings is 1. The van der Waals surface area contributed by atoms with Crippen LogP contribution >= 0.6 is 11.6 Å². The van der Waals surface area contributed by atoms with Gasteiger partial charge in [-0.1, -0.05) is 11.6 Å². The van der Waals surface area contributed by atoms with Crippen LogP contribution in [0.3, 0.4) is 0 Å². The predicted molar refractivity (Wildman–Crippen MR) is 105 cm³/mol. The van der Waals surface area contributed by atoms with Crippen molar-refractivity contribution in [3.63, 3.8) is 0 Å². The van der Waals surface area contributed by atoms with Gasteiger partial charge in [-0.15, -0.1) is 0 Å². The number of piperazine rings is 1. The van der Waals surface area contributed by atoms with Crippen molar-refractivity contribution >= 4 is 46.0 Å². The SMILES string of the molecule is CCOC(=O)CNC(=O)N1CCN(c2cc(N)nc3cc(Cl)ccc23)CC1. The Kier molecular flexibility index (Phi) is 5.85. The van der Waals surface area contributed by atoms with E-state index in [1.807, 2.05) is 18.2 Å². The Balaban J connectivity index is 1.65. The highest BCUT2D eigenvalue weighted by molar-refractivity contribution is 6.31. The van der Waals surface area contributed by atoms with Crippen molar-refractivity contribution in [2.45, 2.75) is 6.92 Å². The summed E-state index contributed by atoms with van der Waals surface area (Å²) in [5.41, 5.74) is 7.67. The minimum absolute atomic E-state index is 0.126. The second-order valence-corrected chi connectivity index (χ2v) is 6.60. The van der Waals surface area contributed by atoms with Gasteiger partial charge in [-0.2, -0.15) is 0 Å². The molecule has 2 heterocycles. The van der Waals surface area contributed by atoms with Crippen LogP contribution in [0, 0.1) is 0 Å². The molecule has 1 aromatic heterocycles. The van der Waals surface area contributed by atoms with Gasteiger partial charge in [0.2, 0.25) is 0 Å². The third-order valence-electron chi connectivity index (χ3n) is 4.37. The molecule has 1 saturated heterocycles.